The number of benzene rings is 3. The van der Waals surface area contributed by atoms with Crippen molar-refractivity contribution in [1.29, 1.82) is 0 Å². The van der Waals surface area contributed by atoms with E-state index in [0.717, 1.165) is 0 Å². The molecule has 0 saturated carbocycles. The number of hydrogen-bond acceptors (Lipinski definition) is 2. The summed E-state index contributed by atoms with van der Waals surface area (Å²) in [5.74, 6) is 0. The maximum atomic E-state index is 5.76. The van der Waals surface area contributed by atoms with Gasteiger partial charge < -0.3 is 9.47 Å². The second kappa shape index (κ2) is 7.00. The molecule has 1 fully saturated rings. The minimum atomic E-state index is 0.172. The van der Waals surface area contributed by atoms with E-state index in [-0.39, 0.29) is 12.2 Å². The number of hydrogen-bond donors (Lipinski definition) is 0. The molecule has 2 heteroatoms. The molecule has 0 amide bonds. The number of epoxide rings is 1. The van der Waals surface area contributed by atoms with Crippen molar-refractivity contribution in [3.05, 3.63) is 96.1 Å². The van der Waals surface area contributed by atoms with Crippen LogP contribution in [0.25, 0.3) is 11.1 Å². The Morgan fingerprint density at radius 2 is 1.33 bits per heavy atom. The number of ether oxygens (including phenoxy) is 2. The highest BCUT2D eigenvalue weighted by Gasteiger charge is 2.40. The summed E-state index contributed by atoms with van der Waals surface area (Å²) in [6.45, 7) is 1.28. The van der Waals surface area contributed by atoms with Crippen LogP contribution in [-0.4, -0.2) is 12.7 Å². The predicted octanol–water partition coefficient (Wildman–Crippen LogP) is 5.01. The van der Waals surface area contributed by atoms with Gasteiger partial charge in [0.2, 0.25) is 0 Å². The molecule has 0 aromatic heterocycles. The second-order valence-electron chi connectivity index (χ2n) is 6.08. The molecule has 4 rings (SSSR count). The summed E-state index contributed by atoms with van der Waals surface area (Å²) < 4.78 is 11.5. The molecule has 0 bridgehead atoms. The first-order valence-corrected chi connectivity index (χ1v) is 8.33. The van der Waals surface area contributed by atoms with Crippen molar-refractivity contribution < 1.29 is 9.47 Å². The molecule has 1 heterocycles. The third-order valence-electron chi connectivity index (χ3n) is 4.32. The van der Waals surface area contributed by atoms with E-state index < -0.39 is 0 Å². The van der Waals surface area contributed by atoms with Gasteiger partial charge in [-0.15, -0.1) is 0 Å². The zero-order valence-electron chi connectivity index (χ0n) is 13.5. The van der Waals surface area contributed by atoms with Crippen LogP contribution in [0.5, 0.6) is 0 Å². The molecule has 24 heavy (non-hydrogen) atoms. The third-order valence-corrected chi connectivity index (χ3v) is 4.32. The summed E-state index contributed by atoms with van der Waals surface area (Å²) in [4.78, 5) is 0. The lowest BCUT2D eigenvalue weighted by Crippen LogP contribution is -2.02. The lowest BCUT2D eigenvalue weighted by Gasteiger charge is -2.03. The Bertz CT molecular complexity index is 766. The lowest BCUT2D eigenvalue weighted by atomic mass is 10.0. The molecule has 0 unspecified atom stereocenters. The second-order valence-corrected chi connectivity index (χ2v) is 6.08. The van der Waals surface area contributed by atoms with Crippen LogP contribution in [0.1, 0.15) is 17.2 Å². The molecule has 1 aliphatic heterocycles. The normalized spacial score (nSPS) is 19.2. The molecule has 3 aromatic rings. The molecular weight excluding hydrogens is 296 g/mol. The van der Waals surface area contributed by atoms with Crippen LogP contribution < -0.4 is 0 Å². The van der Waals surface area contributed by atoms with Gasteiger partial charge in [-0.2, -0.15) is 0 Å². The van der Waals surface area contributed by atoms with Crippen molar-refractivity contribution in [1.82, 2.24) is 0 Å². The summed E-state index contributed by atoms with van der Waals surface area (Å²) >= 11 is 0. The minimum Gasteiger partial charge on any atom is -0.374 e. The maximum Gasteiger partial charge on any atom is 0.112 e. The Balaban J connectivity index is 1.30. The van der Waals surface area contributed by atoms with E-state index in [0.29, 0.717) is 13.2 Å². The molecule has 0 aliphatic carbocycles. The Kier molecular flexibility index (Phi) is 4.41. The summed E-state index contributed by atoms with van der Waals surface area (Å²) in [5, 5.41) is 0. The van der Waals surface area contributed by atoms with Gasteiger partial charge in [0.1, 0.15) is 12.2 Å². The van der Waals surface area contributed by atoms with Crippen molar-refractivity contribution in [2.24, 2.45) is 0 Å². The molecule has 1 aliphatic rings. The van der Waals surface area contributed by atoms with Gasteiger partial charge in [-0.25, -0.2) is 0 Å². The zero-order valence-corrected chi connectivity index (χ0v) is 13.5. The SMILES string of the molecule is c1ccc(COC[C@@H]2O[C@H]2c2ccc(-c3ccccc3)cc2)cc1. The van der Waals surface area contributed by atoms with Crippen LogP contribution >= 0.6 is 0 Å². The van der Waals surface area contributed by atoms with Crippen LogP contribution in [0.4, 0.5) is 0 Å². The average Bonchev–Trinajstić information content (AvgIpc) is 3.43. The highest BCUT2D eigenvalue weighted by atomic mass is 16.6. The van der Waals surface area contributed by atoms with Crippen LogP contribution in [0, 0.1) is 0 Å². The third kappa shape index (κ3) is 3.56. The van der Waals surface area contributed by atoms with Gasteiger partial charge in [-0.1, -0.05) is 84.9 Å². The van der Waals surface area contributed by atoms with Crippen LogP contribution in [0.15, 0.2) is 84.9 Å². The smallest absolute Gasteiger partial charge is 0.112 e. The molecule has 0 radical (unpaired) electrons. The molecule has 2 atom stereocenters. The average molecular weight is 316 g/mol. The van der Waals surface area contributed by atoms with E-state index in [1.807, 2.05) is 24.3 Å². The van der Waals surface area contributed by atoms with Crippen molar-refractivity contribution in [3.8, 4) is 11.1 Å². The first-order valence-electron chi connectivity index (χ1n) is 8.33. The first-order chi connectivity index (χ1) is 11.9. The molecule has 1 saturated heterocycles. The Morgan fingerprint density at radius 3 is 2.04 bits per heavy atom. The van der Waals surface area contributed by atoms with Gasteiger partial charge in [0, 0.05) is 0 Å². The van der Waals surface area contributed by atoms with Gasteiger partial charge >= 0.3 is 0 Å². The fourth-order valence-corrected chi connectivity index (χ4v) is 2.93. The predicted molar refractivity (Wildman–Crippen MR) is 95.6 cm³/mol. The van der Waals surface area contributed by atoms with E-state index in [2.05, 4.69) is 60.7 Å². The van der Waals surface area contributed by atoms with E-state index in [1.165, 1.54) is 22.3 Å². The summed E-state index contributed by atoms with van der Waals surface area (Å²) in [6, 6.07) is 29.3. The standard InChI is InChI=1S/C22H20O2/c1-3-7-17(8-4-1)15-23-16-21-22(24-21)20-13-11-19(12-14-20)18-9-5-2-6-10-18/h1-14,21-22H,15-16H2/t21-,22-/m0/s1. The molecule has 120 valence electrons. The van der Waals surface area contributed by atoms with Gasteiger partial charge in [0.15, 0.2) is 0 Å². The Labute approximate surface area is 142 Å². The lowest BCUT2D eigenvalue weighted by molar-refractivity contribution is 0.104. The molecule has 0 spiro atoms. The highest BCUT2D eigenvalue weighted by Crippen LogP contribution is 2.39. The largest absolute Gasteiger partial charge is 0.374 e. The van der Waals surface area contributed by atoms with E-state index in [9.17, 15) is 0 Å². The van der Waals surface area contributed by atoms with E-state index in [1.54, 1.807) is 0 Å². The Morgan fingerprint density at radius 1 is 0.708 bits per heavy atom. The van der Waals surface area contributed by atoms with Gasteiger partial charge in [0.05, 0.1) is 13.2 Å². The summed E-state index contributed by atoms with van der Waals surface area (Å²) in [5.41, 5.74) is 4.89. The maximum absolute atomic E-state index is 5.76. The topological polar surface area (TPSA) is 21.8 Å². The quantitative estimate of drug-likeness (QED) is 0.596. The number of rotatable bonds is 6. The van der Waals surface area contributed by atoms with Crippen molar-refractivity contribution >= 4 is 0 Å². The monoisotopic (exact) mass is 316 g/mol. The highest BCUT2D eigenvalue weighted by molar-refractivity contribution is 5.63. The fourth-order valence-electron chi connectivity index (χ4n) is 2.93. The van der Waals surface area contributed by atoms with Crippen molar-refractivity contribution in [2.45, 2.75) is 18.8 Å². The fraction of sp³-hybridized carbons (Fsp3) is 0.182. The van der Waals surface area contributed by atoms with Gasteiger partial charge in [0.25, 0.3) is 0 Å². The van der Waals surface area contributed by atoms with Crippen LogP contribution in [-0.2, 0) is 16.1 Å². The minimum absolute atomic E-state index is 0.172. The van der Waals surface area contributed by atoms with E-state index >= 15 is 0 Å². The van der Waals surface area contributed by atoms with Gasteiger partial charge in [-0.05, 0) is 22.3 Å². The van der Waals surface area contributed by atoms with Crippen molar-refractivity contribution in [2.75, 3.05) is 6.61 Å². The zero-order chi connectivity index (χ0) is 16.2. The molecule has 2 nitrogen and oxygen atoms in total. The summed E-state index contributed by atoms with van der Waals surface area (Å²) in [6.07, 6.45) is 0.349. The summed E-state index contributed by atoms with van der Waals surface area (Å²) in [7, 11) is 0. The van der Waals surface area contributed by atoms with Crippen LogP contribution in [0.3, 0.4) is 0 Å². The molecule has 3 aromatic carbocycles. The van der Waals surface area contributed by atoms with Crippen LogP contribution in [0.2, 0.25) is 0 Å². The Hall–Kier alpha value is -2.42. The van der Waals surface area contributed by atoms with Gasteiger partial charge in [-0.3, -0.25) is 0 Å². The first kappa shape index (κ1) is 15.1. The van der Waals surface area contributed by atoms with E-state index in [4.69, 9.17) is 9.47 Å². The molecular formula is C22H20O2. The van der Waals surface area contributed by atoms with Crippen molar-refractivity contribution in [3.63, 3.8) is 0 Å². The molecule has 0 N–H and O–H groups in total.